The minimum atomic E-state index is -0.269. The first kappa shape index (κ1) is 16.3. The maximum atomic E-state index is 12.7. The van der Waals surface area contributed by atoms with Crippen LogP contribution < -0.4 is 0 Å². The van der Waals surface area contributed by atoms with E-state index in [-0.39, 0.29) is 17.8 Å². The van der Waals surface area contributed by atoms with Gasteiger partial charge in [0.25, 0.3) is 5.91 Å². The first-order valence-electron chi connectivity index (χ1n) is 7.47. The average molecular weight is 345 g/mol. The molecular formula is C17H17ClN4O2. The van der Waals surface area contributed by atoms with E-state index in [0.717, 1.165) is 5.69 Å². The van der Waals surface area contributed by atoms with Gasteiger partial charge in [-0.15, -0.1) is 5.10 Å². The number of benzene rings is 1. The Labute approximate surface area is 144 Å². The van der Waals surface area contributed by atoms with Gasteiger partial charge in [-0.25, -0.2) is 9.67 Å². The summed E-state index contributed by atoms with van der Waals surface area (Å²) in [6, 6.07) is 10.6. The molecule has 1 aromatic carbocycles. The minimum absolute atomic E-state index is 0.142. The van der Waals surface area contributed by atoms with Crippen LogP contribution >= 0.6 is 11.6 Å². The third-order valence-corrected chi connectivity index (χ3v) is 4.14. The molecule has 6 nitrogen and oxygen atoms in total. The highest BCUT2D eigenvalue weighted by atomic mass is 35.5. The molecule has 0 radical (unpaired) electrons. The lowest BCUT2D eigenvalue weighted by Gasteiger charge is -2.21. The van der Waals surface area contributed by atoms with E-state index in [1.807, 2.05) is 25.1 Å². The minimum Gasteiger partial charge on any atom is -0.467 e. The Morgan fingerprint density at radius 3 is 2.62 bits per heavy atom. The van der Waals surface area contributed by atoms with Crippen LogP contribution in [0.3, 0.4) is 0 Å². The van der Waals surface area contributed by atoms with Crippen molar-refractivity contribution in [2.24, 2.45) is 0 Å². The first-order valence-corrected chi connectivity index (χ1v) is 7.85. The van der Waals surface area contributed by atoms with Crippen LogP contribution in [-0.2, 0) is 0 Å². The largest absolute Gasteiger partial charge is 0.467 e. The number of halogens is 1. The number of rotatable bonds is 4. The number of carbonyl (C=O) groups excluding carboxylic acids is 1. The molecule has 1 amide bonds. The van der Waals surface area contributed by atoms with E-state index in [4.69, 9.17) is 16.0 Å². The summed E-state index contributed by atoms with van der Waals surface area (Å²) in [7, 11) is 1.70. The summed E-state index contributed by atoms with van der Waals surface area (Å²) < 4.78 is 6.98. The Morgan fingerprint density at radius 1 is 1.29 bits per heavy atom. The van der Waals surface area contributed by atoms with Crippen molar-refractivity contribution >= 4 is 17.5 Å². The Hall–Kier alpha value is -2.60. The van der Waals surface area contributed by atoms with Crippen molar-refractivity contribution in [3.63, 3.8) is 0 Å². The number of nitrogens with zero attached hydrogens (tertiary/aromatic N) is 4. The van der Waals surface area contributed by atoms with Crippen LogP contribution in [0, 0.1) is 6.92 Å². The van der Waals surface area contributed by atoms with Gasteiger partial charge in [0.2, 0.25) is 5.82 Å². The molecule has 0 aliphatic carbocycles. The molecule has 0 spiro atoms. The van der Waals surface area contributed by atoms with Gasteiger partial charge in [-0.1, -0.05) is 11.6 Å². The number of amides is 1. The quantitative estimate of drug-likeness (QED) is 0.724. The Morgan fingerprint density at radius 2 is 2.00 bits per heavy atom. The monoisotopic (exact) mass is 344 g/mol. The van der Waals surface area contributed by atoms with E-state index >= 15 is 0 Å². The maximum absolute atomic E-state index is 12.7. The summed E-state index contributed by atoms with van der Waals surface area (Å²) in [6.45, 7) is 3.69. The molecule has 0 bridgehead atoms. The van der Waals surface area contributed by atoms with Gasteiger partial charge in [0.05, 0.1) is 18.0 Å². The molecule has 24 heavy (non-hydrogen) atoms. The fourth-order valence-corrected chi connectivity index (χ4v) is 2.49. The number of aromatic nitrogens is 3. The van der Waals surface area contributed by atoms with Gasteiger partial charge < -0.3 is 9.32 Å². The van der Waals surface area contributed by atoms with Gasteiger partial charge in [0.1, 0.15) is 11.6 Å². The van der Waals surface area contributed by atoms with Gasteiger partial charge >= 0.3 is 0 Å². The number of carbonyl (C=O) groups is 1. The molecule has 124 valence electrons. The van der Waals surface area contributed by atoms with E-state index in [1.165, 1.54) is 0 Å². The lowest BCUT2D eigenvalue weighted by molar-refractivity contribution is 0.0714. The van der Waals surface area contributed by atoms with Crippen LogP contribution in [0.25, 0.3) is 5.69 Å². The van der Waals surface area contributed by atoms with Crippen LogP contribution in [-0.4, -0.2) is 32.6 Å². The first-order chi connectivity index (χ1) is 11.5. The van der Waals surface area contributed by atoms with Crippen molar-refractivity contribution in [1.29, 1.82) is 0 Å². The van der Waals surface area contributed by atoms with E-state index < -0.39 is 0 Å². The van der Waals surface area contributed by atoms with Gasteiger partial charge in [-0.2, -0.15) is 0 Å². The maximum Gasteiger partial charge on any atom is 0.293 e. The van der Waals surface area contributed by atoms with Gasteiger partial charge in [-0.3, -0.25) is 4.79 Å². The Bertz CT molecular complexity index is 840. The summed E-state index contributed by atoms with van der Waals surface area (Å²) in [6.07, 6.45) is 1.59. The number of furan rings is 1. The zero-order valence-corrected chi connectivity index (χ0v) is 14.4. The van der Waals surface area contributed by atoms with E-state index in [9.17, 15) is 4.79 Å². The second kappa shape index (κ2) is 6.49. The molecule has 0 saturated heterocycles. The van der Waals surface area contributed by atoms with Crippen molar-refractivity contribution in [2.45, 2.75) is 19.9 Å². The Balaban J connectivity index is 1.86. The fraction of sp³-hybridized carbons (Fsp3) is 0.235. The predicted molar refractivity (Wildman–Crippen MR) is 90.3 cm³/mol. The van der Waals surface area contributed by atoms with Crippen molar-refractivity contribution < 1.29 is 9.21 Å². The zero-order chi connectivity index (χ0) is 17.3. The van der Waals surface area contributed by atoms with Gasteiger partial charge in [0, 0.05) is 12.1 Å². The summed E-state index contributed by atoms with van der Waals surface area (Å²) in [5, 5.41) is 4.97. The molecule has 0 saturated carbocycles. The molecule has 3 rings (SSSR count). The van der Waals surface area contributed by atoms with Crippen molar-refractivity contribution in [1.82, 2.24) is 19.7 Å². The molecule has 0 aliphatic rings. The van der Waals surface area contributed by atoms with Crippen LogP contribution in [0.2, 0.25) is 5.02 Å². The molecule has 7 heteroatoms. The lowest BCUT2D eigenvalue weighted by Crippen LogP contribution is -2.30. The summed E-state index contributed by atoms with van der Waals surface area (Å²) in [4.78, 5) is 18.5. The van der Waals surface area contributed by atoms with Gasteiger partial charge in [0.15, 0.2) is 0 Å². The van der Waals surface area contributed by atoms with Gasteiger partial charge in [-0.05, 0) is 50.2 Å². The third kappa shape index (κ3) is 3.05. The van der Waals surface area contributed by atoms with Crippen molar-refractivity contribution in [2.75, 3.05) is 7.05 Å². The van der Waals surface area contributed by atoms with Crippen LogP contribution in [0.1, 0.15) is 35.2 Å². The normalized spacial score (nSPS) is 12.2. The number of hydrogen-bond acceptors (Lipinski definition) is 4. The highest BCUT2D eigenvalue weighted by Gasteiger charge is 2.24. The smallest absolute Gasteiger partial charge is 0.293 e. The van der Waals surface area contributed by atoms with Crippen molar-refractivity contribution in [3.8, 4) is 5.69 Å². The lowest BCUT2D eigenvalue weighted by atomic mass is 10.2. The van der Waals surface area contributed by atoms with Crippen LogP contribution in [0.4, 0.5) is 0 Å². The fourth-order valence-electron chi connectivity index (χ4n) is 2.36. The average Bonchev–Trinajstić information content (AvgIpc) is 3.23. The second-order valence-electron chi connectivity index (χ2n) is 5.48. The standard InChI is InChI=1S/C17H17ClN4O2/c1-11(15-5-4-10-24-15)21(3)17(23)16-19-12(2)22(20-16)14-8-6-13(18)7-9-14/h4-11H,1-3H3. The van der Waals surface area contributed by atoms with E-state index in [0.29, 0.717) is 16.6 Å². The Kier molecular flexibility index (Phi) is 4.40. The molecule has 1 unspecified atom stereocenters. The molecule has 3 aromatic rings. The highest BCUT2D eigenvalue weighted by molar-refractivity contribution is 6.30. The number of hydrogen-bond donors (Lipinski definition) is 0. The zero-order valence-electron chi connectivity index (χ0n) is 13.6. The molecule has 2 aromatic heterocycles. The van der Waals surface area contributed by atoms with Crippen molar-refractivity contribution in [3.05, 3.63) is 65.1 Å². The molecular weight excluding hydrogens is 328 g/mol. The van der Waals surface area contributed by atoms with E-state index in [1.54, 1.807) is 48.0 Å². The summed E-state index contributed by atoms with van der Waals surface area (Å²) in [5.41, 5.74) is 0.796. The summed E-state index contributed by atoms with van der Waals surface area (Å²) >= 11 is 5.90. The predicted octanol–water partition coefficient (Wildman–Crippen LogP) is 3.66. The molecule has 2 heterocycles. The molecule has 0 aliphatic heterocycles. The molecule has 0 N–H and O–H groups in total. The summed E-state index contributed by atoms with van der Waals surface area (Å²) in [5.74, 6) is 1.21. The molecule has 1 atom stereocenters. The molecule has 0 fully saturated rings. The highest BCUT2D eigenvalue weighted by Crippen LogP contribution is 2.21. The SMILES string of the molecule is Cc1nc(C(=O)N(C)C(C)c2ccco2)nn1-c1ccc(Cl)cc1. The third-order valence-electron chi connectivity index (χ3n) is 3.89. The van der Waals surface area contributed by atoms with Crippen LogP contribution in [0.5, 0.6) is 0 Å². The topological polar surface area (TPSA) is 64.2 Å². The number of aryl methyl sites for hydroxylation is 1. The van der Waals surface area contributed by atoms with E-state index in [2.05, 4.69) is 10.1 Å². The second-order valence-corrected chi connectivity index (χ2v) is 5.91. The van der Waals surface area contributed by atoms with Crippen LogP contribution in [0.15, 0.2) is 47.1 Å².